The maximum absolute atomic E-state index is 13.1. The Morgan fingerprint density at radius 3 is 2.59 bits per heavy atom. The molecule has 3 amide bonds. The fourth-order valence-electron chi connectivity index (χ4n) is 3.63. The van der Waals surface area contributed by atoms with Gasteiger partial charge in [0.25, 0.3) is 5.91 Å². The Labute approximate surface area is 160 Å². The molecule has 3 rings (SSSR count). The Kier molecular flexibility index (Phi) is 5.54. The molecule has 2 aliphatic rings. The predicted molar refractivity (Wildman–Crippen MR) is 104 cm³/mol. The molecular weight excluding hydrogens is 342 g/mol. The molecule has 0 saturated heterocycles. The van der Waals surface area contributed by atoms with E-state index in [1.165, 1.54) is 0 Å². The van der Waals surface area contributed by atoms with E-state index in [0.29, 0.717) is 37.7 Å². The minimum atomic E-state index is -0.450. The Morgan fingerprint density at radius 1 is 1.30 bits per heavy atom. The summed E-state index contributed by atoms with van der Waals surface area (Å²) in [6.07, 6.45) is 1.68. The van der Waals surface area contributed by atoms with Crippen LogP contribution in [0.25, 0.3) is 0 Å². The van der Waals surface area contributed by atoms with Crippen molar-refractivity contribution < 1.29 is 14.3 Å². The van der Waals surface area contributed by atoms with Crippen molar-refractivity contribution in [2.24, 2.45) is 5.92 Å². The van der Waals surface area contributed by atoms with Crippen LogP contribution >= 0.6 is 0 Å². The summed E-state index contributed by atoms with van der Waals surface area (Å²) < 4.78 is 5.49. The van der Waals surface area contributed by atoms with Crippen LogP contribution in [-0.2, 0) is 4.79 Å². The second-order valence-electron chi connectivity index (χ2n) is 7.22. The van der Waals surface area contributed by atoms with Gasteiger partial charge in [-0.2, -0.15) is 0 Å². The van der Waals surface area contributed by atoms with Gasteiger partial charge in [0.15, 0.2) is 0 Å². The van der Waals surface area contributed by atoms with Gasteiger partial charge in [0.2, 0.25) is 0 Å². The Bertz CT molecular complexity index is 767. The predicted octanol–water partition coefficient (Wildman–Crippen LogP) is 3.09. The van der Waals surface area contributed by atoms with E-state index in [4.69, 9.17) is 4.74 Å². The Balaban J connectivity index is 1.97. The van der Waals surface area contributed by atoms with Crippen LogP contribution in [0.4, 0.5) is 4.79 Å². The number of ether oxygens (including phenoxy) is 1. The van der Waals surface area contributed by atoms with Crippen LogP contribution in [0, 0.1) is 5.92 Å². The fourth-order valence-corrected chi connectivity index (χ4v) is 3.63. The van der Waals surface area contributed by atoms with Gasteiger partial charge in [0, 0.05) is 13.1 Å². The van der Waals surface area contributed by atoms with Crippen molar-refractivity contribution in [3.63, 3.8) is 0 Å². The average Bonchev–Trinajstić information content (AvgIpc) is 2.94. The van der Waals surface area contributed by atoms with Gasteiger partial charge in [0.1, 0.15) is 5.75 Å². The van der Waals surface area contributed by atoms with Crippen LogP contribution in [0.1, 0.15) is 32.4 Å². The molecule has 2 aliphatic heterocycles. The Morgan fingerprint density at radius 2 is 2.00 bits per heavy atom. The van der Waals surface area contributed by atoms with Crippen LogP contribution in [-0.4, -0.2) is 48.0 Å². The number of nitrogens with one attached hydrogen (secondary N) is 1. The fraction of sp³-hybridized carbons (Fsp3) is 0.429. The molecule has 0 saturated carbocycles. The molecule has 0 spiro atoms. The first kappa shape index (κ1) is 19.0. The summed E-state index contributed by atoms with van der Waals surface area (Å²) >= 11 is 0. The number of carbonyl (C=O) groups is 2. The highest BCUT2D eigenvalue weighted by atomic mass is 16.5. The van der Waals surface area contributed by atoms with Crippen molar-refractivity contribution in [1.29, 1.82) is 0 Å². The zero-order valence-electron chi connectivity index (χ0n) is 16.2. The van der Waals surface area contributed by atoms with E-state index in [1.54, 1.807) is 11.0 Å². The second kappa shape index (κ2) is 7.86. The zero-order valence-corrected chi connectivity index (χ0v) is 16.2. The molecule has 0 bridgehead atoms. The van der Waals surface area contributed by atoms with Gasteiger partial charge in [-0.05, 0) is 30.5 Å². The lowest BCUT2D eigenvalue weighted by molar-refractivity contribution is -0.126. The van der Waals surface area contributed by atoms with Gasteiger partial charge in [0.05, 0.1) is 30.5 Å². The molecule has 144 valence electrons. The molecule has 6 heteroatoms. The van der Waals surface area contributed by atoms with Crippen LogP contribution in [0.5, 0.6) is 5.75 Å². The second-order valence-corrected chi connectivity index (χ2v) is 7.22. The SMILES string of the molecule is C=CCN1C(=O)NC(c2ccc(OCC)cc2)C2=C1CN(CC(C)C)C2=O. The average molecular weight is 369 g/mol. The third-order valence-corrected chi connectivity index (χ3v) is 4.72. The number of rotatable bonds is 7. The number of hydrogen-bond donors (Lipinski definition) is 1. The van der Waals surface area contributed by atoms with Crippen LogP contribution < -0.4 is 10.1 Å². The molecule has 0 radical (unpaired) electrons. The van der Waals surface area contributed by atoms with E-state index in [-0.39, 0.29) is 11.9 Å². The summed E-state index contributed by atoms with van der Waals surface area (Å²) in [4.78, 5) is 29.3. The van der Waals surface area contributed by atoms with E-state index in [1.807, 2.05) is 36.1 Å². The van der Waals surface area contributed by atoms with Gasteiger partial charge >= 0.3 is 6.03 Å². The summed E-state index contributed by atoms with van der Waals surface area (Å²) in [5.41, 5.74) is 2.31. The van der Waals surface area contributed by atoms with Crippen molar-refractivity contribution in [3.05, 3.63) is 53.8 Å². The molecule has 0 fully saturated rings. The molecule has 2 heterocycles. The summed E-state index contributed by atoms with van der Waals surface area (Å²) in [7, 11) is 0. The number of carbonyl (C=O) groups excluding carboxylic acids is 2. The lowest BCUT2D eigenvalue weighted by Crippen LogP contribution is -2.47. The van der Waals surface area contributed by atoms with Crippen molar-refractivity contribution in [1.82, 2.24) is 15.1 Å². The van der Waals surface area contributed by atoms with Gasteiger partial charge in [-0.1, -0.05) is 32.1 Å². The highest BCUT2D eigenvalue weighted by molar-refractivity contribution is 6.01. The highest BCUT2D eigenvalue weighted by Gasteiger charge is 2.43. The lowest BCUT2D eigenvalue weighted by Gasteiger charge is -2.33. The Hall–Kier alpha value is -2.76. The molecular formula is C21H27N3O3. The number of amides is 3. The molecule has 27 heavy (non-hydrogen) atoms. The first-order valence-corrected chi connectivity index (χ1v) is 9.40. The molecule has 1 aromatic carbocycles. The quantitative estimate of drug-likeness (QED) is 0.752. The van der Waals surface area contributed by atoms with E-state index in [9.17, 15) is 9.59 Å². The largest absolute Gasteiger partial charge is 0.494 e. The lowest BCUT2D eigenvalue weighted by atomic mass is 9.95. The van der Waals surface area contributed by atoms with Crippen molar-refractivity contribution in [3.8, 4) is 5.75 Å². The monoisotopic (exact) mass is 369 g/mol. The third-order valence-electron chi connectivity index (χ3n) is 4.72. The maximum atomic E-state index is 13.1. The molecule has 1 atom stereocenters. The molecule has 6 nitrogen and oxygen atoms in total. The molecule has 0 aromatic heterocycles. The zero-order chi connectivity index (χ0) is 19.6. The van der Waals surface area contributed by atoms with E-state index >= 15 is 0 Å². The van der Waals surface area contributed by atoms with Crippen molar-refractivity contribution in [2.45, 2.75) is 26.8 Å². The van der Waals surface area contributed by atoms with E-state index in [0.717, 1.165) is 17.0 Å². The molecule has 1 N–H and O–H groups in total. The minimum Gasteiger partial charge on any atom is -0.494 e. The summed E-state index contributed by atoms with van der Waals surface area (Å²) in [6.45, 7) is 11.9. The standard InChI is InChI=1S/C21H27N3O3/c1-5-11-24-17-13-23(12-14(3)4)20(25)18(17)19(22-21(24)26)15-7-9-16(10-8-15)27-6-2/h5,7-10,14,19H,1,6,11-13H2,2-4H3,(H,22,26). The smallest absolute Gasteiger partial charge is 0.322 e. The number of nitrogens with zero attached hydrogens (tertiary/aromatic N) is 2. The highest BCUT2D eigenvalue weighted by Crippen LogP contribution is 2.36. The minimum absolute atomic E-state index is 0.00773. The number of urea groups is 1. The van der Waals surface area contributed by atoms with Gasteiger partial charge in [-0.15, -0.1) is 6.58 Å². The number of hydrogen-bond acceptors (Lipinski definition) is 3. The summed E-state index contributed by atoms with van der Waals surface area (Å²) in [5.74, 6) is 1.12. The maximum Gasteiger partial charge on any atom is 0.322 e. The van der Waals surface area contributed by atoms with E-state index < -0.39 is 6.04 Å². The van der Waals surface area contributed by atoms with Crippen LogP contribution in [0.3, 0.4) is 0 Å². The summed E-state index contributed by atoms with van der Waals surface area (Å²) in [6, 6.07) is 6.89. The van der Waals surface area contributed by atoms with Gasteiger partial charge in [-0.25, -0.2) is 4.79 Å². The van der Waals surface area contributed by atoms with E-state index in [2.05, 4.69) is 25.7 Å². The number of benzene rings is 1. The van der Waals surface area contributed by atoms with Gasteiger partial charge < -0.3 is 15.0 Å². The van der Waals surface area contributed by atoms with Crippen LogP contribution in [0.15, 0.2) is 48.2 Å². The van der Waals surface area contributed by atoms with Crippen molar-refractivity contribution in [2.75, 3.05) is 26.2 Å². The van der Waals surface area contributed by atoms with Crippen molar-refractivity contribution >= 4 is 11.9 Å². The van der Waals surface area contributed by atoms with Gasteiger partial charge in [-0.3, -0.25) is 9.69 Å². The first-order valence-electron chi connectivity index (χ1n) is 9.40. The third kappa shape index (κ3) is 3.70. The molecule has 0 aliphatic carbocycles. The first-order chi connectivity index (χ1) is 13.0. The topological polar surface area (TPSA) is 61.9 Å². The molecule has 1 aromatic rings. The van der Waals surface area contributed by atoms with Crippen LogP contribution in [0.2, 0.25) is 0 Å². The normalized spacial score (nSPS) is 19.5. The summed E-state index contributed by atoms with van der Waals surface area (Å²) in [5, 5.41) is 2.99. The molecule has 1 unspecified atom stereocenters.